The van der Waals surface area contributed by atoms with E-state index in [4.69, 9.17) is 16.0 Å². The van der Waals surface area contributed by atoms with Crippen molar-refractivity contribution in [3.8, 4) is 0 Å². The predicted molar refractivity (Wildman–Crippen MR) is 96.1 cm³/mol. The van der Waals surface area contributed by atoms with Gasteiger partial charge in [0, 0.05) is 13.1 Å². The number of nitrogens with zero attached hydrogens (tertiary/aromatic N) is 1. The molecule has 0 aliphatic heterocycles. The van der Waals surface area contributed by atoms with E-state index in [1.54, 1.807) is 45.0 Å². The number of rotatable bonds is 7. The van der Waals surface area contributed by atoms with Gasteiger partial charge in [-0.3, -0.25) is 4.79 Å². The number of nitrogens with one attached hydrogen (secondary N) is 1. The van der Waals surface area contributed by atoms with Crippen LogP contribution < -0.4 is 5.32 Å². The minimum absolute atomic E-state index is 0.123. The zero-order valence-electron chi connectivity index (χ0n) is 14.3. The fourth-order valence-electron chi connectivity index (χ4n) is 2.43. The van der Waals surface area contributed by atoms with Gasteiger partial charge in [0.25, 0.3) is 5.91 Å². The summed E-state index contributed by atoms with van der Waals surface area (Å²) in [7, 11) is -3.49. The molecule has 0 aliphatic carbocycles. The third-order valence-electron chi connectivity index (χ3n) is 3.87. The fourth-order valence-corrected chi connectivity index (χ4v) is 4.03. The molecule has 6 nitrogen and oxygen atoms in total. The largest absolute Gasteiger partial charge is 0.440 e. The van der Waals surface area contributed by atoms with Gasteiger partial charge in [0.1, 0.15) is 0 Å². The van der Waals surface area contributed by atoms with Crippen LogP contribution in [0, 0.1) is 0 Å². The summed E-state index contributed by atoms with van der Waals surface area (Å²) in [4.78, 5) is 12.3. The predicted octanol–water partition coefficient (Wildman–Crippen LogP) is 3.45. The Bertz CT molecular complexity index is 827. The van der Waals surface area contributed by atoms with Crippen molar-refractivity contribution in [3.63, 3.8) is 0 Å². The van der Waals surface area contributed by atoms with Crippen LogP contribution in [-0.4, -0.2) is 31.7 Å². The smallest absolute Gasteiger partial charge is 0.287 e. The molecule has 1 N–H and O–H groups in total. The minimum Gasteiger partial charge on any atom is -0.440 e. The van der Waals surface area contributed by atoms with Crippen molar-refractivity contribution in [2.75, 3.05) is 13.1 Å². The Hall–Kier alpha value is -1.83. The van der Waals surface area contributed by atoms with Gasteiger partial charge >= 0.3 is 0 Å². The van der Waals surface area contributed by atoms with Gasteiger partial charge in [0.2, 0.25) is 10.0 Å². The van der Waals surface area contributed by atoms with Gasteiger partial charge in [-0.05, 0) is 48.4 Å². The number of carbonyl (C=O) groups is 1. The molecule has 136 valence electrons. The number of furan rings is 1. The molecule has 1 heterocycles. The van der Waals surface area contributed by atoms with E-state index in [9.17, 15) is 13.2 Å². The first-order chi connectivity index (χ1) is 11.8. The quantitative estimate of drug-likeness (QED) is 0.792. The fraction of sp³-hybridized carbons (Fsp3) is 0.353. The molecule has 1 aromatic heterocycles. The first-order valence-electron chi connectivity index (χ1n) is 7.95. The molecule has 0 fully saturated rings. The topological polar surface area (TPSA) is 79.6 Å². The zero-order valence-corrected chi connectivity index (χ0v) is 15.9. The first kappa shape index (κ1) is 19.5. The lowest BCUT2D eigenvalue weighted by molar-refractivity contribution is 0.0912. The molecule has 0 bridgehead atoms. The Kier molecular flexibility index (Phi) is 6.26. The van der Waals surface area contributed by atoms with Crippen molar-refractivity contribution in [3.05, 3.63) is 52.9 Å². The van der Waals surface area contributed by atoms with Gasteiger partial charge in [-0.15, -0.1) is 0 Å². The van der Waals surface area contributed by atoms with E-state index in [1.165, 1.54) is 16.4 Å². The van der Waals surface area contributed by atoms with Crippen LogP contribution >= 0.6 is 11.6 Å². The summed E-state index contributed by atoms with van der Waals surface area (Å²) >= 11 is 5.66. The summed E-state index contributed by atoms with van der Waals surface area (Å²) < 4.78 is 31.4. The van der Waals surface area contributed by atoms with Gasteiger partial charge in [-0.1, -0.05) is 26.0 Å². The molecule has 1 amide bonds. The highest BCUT2D eigenvalue weighted by molar-refractivity contribution is 7.89. The average molecular weight is 385 g/mol. The Morgan fingerprint density at radius 2 is 1.76 bits per heavy atom. The van der Waals surface area contributed by atoms with E-state index in [-0.39, 0.29) is 27.8 Å². The molecule has 0 saturated heterocycles. The van der Waals surface area contributed by atoms with Gasteiger partial charge in [0.05, 0.1) is 10.9 Å². The Morgan fingerprint density at radius 1 is 1.16 bits per heavy atom. The van der Waals surface area contributed by atoms with Crippen molar-refractivity contribution in [1.82, 2.24) is 9.62 Å². The van der Waals surface area contributed by atoms with Crippen LogP contribution in [0.25, 0.3) is 0 Å². The van der Waals surface area contributed by atoms with Gasteiger partial charge in [0.15, 0.2) is 11.0 Å². The van der Waals surface area contributed by atoms with Crippen LogP contribution in [0.4, 0.5) is 0 Å². The monoisotopic (exact) mass is 384 g/mol. The maximum atomic E-state index is 12.5. The van der Waals surface area contributed by atoms with Crippen LogP contribution in [0.1, 0.15) is 42.9 Å². The van der Waals surface area contributed by atoms with Gasteiger partial charge < -0.3 is 9.73 Å². The Morgan fingerprint density at radius 3 is 2.24 bits per heavy atom. The lowest BCUT2D eigenvalue weighted by Gasteiger charge is -2.19. The highest BCUT2D eigenvalue weighted by Gasteiger charge is 2.22. The molecule has 8 heteroatoms. The molecule has 1 aromatic carbocycles. The molecule has 0 saturated carbocycles. The van der Waals surface area contributed by atoms with Crippen LogP contribution in [0.3, 0.4) is 0 Å². The van der Waals surface area contributed by atoms with Crippen molar-refractivity contribution in [2.45, 2.75) is 31.7 Å². The maximum absolute atomic E-state index is 12.5. The van der Waals surface area contributed by atoms with Crippen LogP contribution in [0.15, 0.2) is 45.7 Å². The highest BCUT2D eigenvalue weighted by Crippen LogP contribution is 2.20. The molecule has 2 rings (SSSR count). The number of hydrogen-bond acceptors (Lipinski definition) is 4. The average Bonchev–Trinajstić information content (AvgIpc) is 3.02. The number of benzene rings is 1. The Labute approximate surface area is 152 Å². The molecule has 0 spiro atoms. The van der Waals surface area contributed by atoms with Crippen molar-refractivity contribution < 1.29 is 17.6 Å². The van der Waals surface area contributed by atoms with E-state index in [0.717, 1.165) is 5.56 Å². The molecular weight excluding hydrogens is 364 g/mol. The molecular formula is C17H21ClN2O4S. The Balaban J connectivity index is 2.12. The molecule has 2 aromatic rings. The van der Waals surface area contributed by atoms with Gasteiger partial charge in [-0.25, -0.2) is 8.42 Å². The second-order valence-electron chi connectivity index (χ2n) is 5.46. The van der Waals surface area contributed by atoms with Crippen LogP contribution in [-0.2, 0) is 10.0 Å². The van der Waals surface area contributed by atoms with E-state index in [0.29, 0.717) is 13.1 Å². The van der Waals surface area contributed by atoms with E-state index in [1.807, 2.05) is 0 Å². The summed E-state index contributed by atoms with van der Waals surface area (Å²) in [6.45, 7) is 6.23. The summed E-state index contributed by atoms with van der Waals surface area (Å²) in [6, 6.07) is 9.15. The van der Waals surface area contributed by atoms with Crippen molar-refractivity contribution >= 4 is 27.5 Å². The zero-order chi connectivity index (χ0) is 18.6. The highest BCUT2D eigenvalue weighted by atomic mass is 35.5. The van der Waals surface area contributed by atoms with Crippen LogP contribution in [0.5, 0.6) is 0 Å². The number of halogens is 1. The number of amides is 1. The summed E-state index contributed by atoms with van der Waals surface area (Å²) in [5.74, 6) is -0.267. The lowest BCUT2D eigenvalue weighted by atomic mass is 10.1. The second kappa shape index (κ2) is 8.03. The maximum Gasteiger partial charge on any atom is 0.287 e. The summed E-state index contributed by atoms with van der Waals surface area (Å²) in [5, 5.41) is 2.92. The first-order valence-corrected chi connectivity index (χ1v) is 9.77. The molecule has 0 aliphatic rings. The molecule has 1 unspecified atom stereocenters. The summed E-state index contributed by atoms with van der Waals surface area (Å²) in [5.41, 5.74) is 0.782. The normalized spacial score (nSPS) is 13.0. The summed E-state index contributed by atoms with van der Waals surface area (Å²) in [6.07, 6.45) is 0. The van der Waals surface area contributed by atoms with E-state index in [2.05, 4.69) is 5.32 Å². The lowest BCUT2D eigenvalue weighted by Crippen LogP contribution is -2.30. The second-order valence-corrected chi connectivity index (χ2v) is 7.77. The molecule has 25 heavy (non-hydrogen) atoms. The molecule has 0 radical (unpaired) electrons. The van der Waals surface area contributed by atoms with Crippen molar-refractivity contribution in [2.24, 2.45) is 0 Å². The van der Waals surface area contributed by atoms with Gasteiger partial charge in [-0.2, -0.15) is 4.31 Å². The SMILES string of the molecule is CCN(CC)S(=O)(=O)c1ccc(C(C)NC(=O)c2ccc(Cl)o2)cc1. The number of hydrogen-bond donors (Lipinski definition) is 1. The number of carbonyl (C=O) groups excluding carboxylic acids is 1. The van der Waals surface area contributed by atoms with Crippen LogP contribution in [0.2, 0.25) is 5.22 Å². The minimum atomic E-state index is -3.49. The van der Waals surface area contributed by atoms with Crippen molar-refractivity contribution in [1.29, 1.82) is 0 Å². The third kappa shape index (κ3) is 4.42. The standard InChI is InChI=1S/C17H21ClN2O4S/c1-4-20(5-2)25(22,23)14-8-6-13(7-9-14)12(3)19-17(21)15-10-11-16(18)24-15/h6-12H,4-5H2,1-3H3,(H,19,21). The third-order valence-corrected chi connectivity index (χ3v) is 6.14. The van der Waals surface area contributed by atoms with E-state index < -0.39 is 10.0 Å². The number of sulfonamides is 1. The van der Waals surface area contributed by atoms with E-state index >= 15 is 0 Å². The molecule has 1 atom stereocenters.